The molecule has 30 heavy (non-hydrogen) atoms. The predicted octanol–water partition coefficient (Wildman–Crippen LogP) is 4.34. The minimum Gasteiger partial charge on any atom is -0.454 e. The van der Waals surface area contributed by atoms with Crippen molar-refractivity contribution in [3.05, 3.63) is 81.2 Å². The van der Waals surface area contributed by atoms with Gasteiger partial charge in [0.15, 0.2) is 5.76 Å². The Morgan fingerprint density at radius 3 is 2.70 bits per heavy atom. The van der Waals surface area contributed by atoms with E-state index in [1.165, 1.54) is 6.33 Å². The summed E-state index contributed by atoms with van der Waals surface area (Å²) in [5, 5.41) is 12.5. The van der Waals surface area contributed by atoms with Gasteiger partial charge in [-0.1, -0.05) is 35.3 Å². The number of furan rings is 1. The van der Waals surface area contributed by atoms with Crippen molar-refractivity contribution >= 4 is 35.1 Å². The molecule has 0 spiro atoms. The minimum absolute atomic E-state index is 0.156. The molecule has 0 aliphatic carbocycles. The van der Waals surface area contributed by atoms with Crippen molar-refractivity contribution in [2.45, 2.75) is 26.9 Å². The summed E-state index contributed by atoms with van der Waals surface area (Å²) in [6.07, 6.45) is 1.54. The Morgan fingerprint density at radius 1 is 1.13 bits per heavy atom. The van der Waals surface area contributed by atoms with Crippen molar-refractivity contribution in [3.63, 3.8) is 0 Å². The second kappa shape index (κ2) is 8.33. The van der Waals surface area contributed by atoms with Crippen LogP contribution in [0.2, 0.25) is 10.0 Å². The lowest BCUT2D eigenvalue weighted by Crippen LogP contribution is -2.12. The Balaban J connectivity index is 1.40. The van der Waals surface area contributed by atoms with E-state index in [0.29, 0.717) is 28.9 Å². The second-order valence-electron chi connectivity index (χ2n) is 6.76. The van der Waals surface area contributed by atoms with E-state index >= 15 is 0 Å². The highest BCUT2D eigenvalue weighted by Crippen LogP contribution is 2.20. The largest absolute Gasteiger partial charge is 0.454 e. The van der Waals surface area contributed by atoms with Crippen molar-refractivity contribution in [2.75, 3.05) is 5.32 Å². The molecule has 0 saturated carbocycles. The van der Waals surface area contributed by atoms with Crippen molar-refractivity contribution in [1.82, 2.24) is 24.5 Å². The molecule has 1 N–H and O–H groups in total. The van der Waals surface area contributed by atoms with Gasteiger partial charge in [-0.15, -0.1) is 5.10 Å². The molecule has 4 aromatic rings. The van der Waals surface area contributed by atoms with E-state index in [9.17, 15) is 4.79 Å². The number of rotatable bonds is 6. The molecule has 154 valence electrons. The topological polar surface area (TPSA) is 90.8 Å². The van der Waals surface area contributed by atoms with Gasteiger partial charge >= 0.3 is 0 Å². The fraction of sp³-hybridized carbons (Fsp3) is 0.200. The molecule has 0 saturated heterocycles. The summed E-state index contributed by atoms with van der Waals surface area (Å²) in [7, 11) is 0. The van der Waals surface area contributed by atoms with Gasteiger partial charge in [0.1, 0.15) is 12.1 Å². The molecule has 4 rings (SSSR count). The van der Waals surface area contributed by atoms with Crippen LogP contribution in [0, 0.1) is 13.8 Å². The van der Waals surface area contributed by atoms with Gasteiger partial charge in [0.25, 0.3) is 5.91 Å². The summed E-state index contributed by atoms with van der Waals surface area (Å²) in [6, 6.07) is 10.8. The number of carbonyl (C=O) groups excluding carboxylic acids is 1. The summed E-state index contributed by atoms with van der Waals surface area (Å²) in [4.78, 5) is 16.6. The fourth-order valence-corrected chi connectivity index (χ4v) is 3.32. The zero-order chi connectivity index (χ0) is 21.3. The predicted molar refractivity (Wildman–Crippen MR) is 113 cm³/mol. The molecule has 0 fully saturated rings. The Bertz CT molecular complexity index is 1210. The van der Waals surface area contributed by atoms with Crippen LogP contribution >= 0.6 is 23.2 Å². The molecule has 0 radical (unpaired) electrons. The maximum Gasteiger partial charge on any atom is 0.293 e. The lowest BCUT2D eigenvalue weighted by molar-refractivity contribution is 0.0993. The zero-order valence-corrected chi connectivity index (χ0v) is 17.8. The van der Waals surface area contributed by atoms with E-state index in [4.69, 9.17) is 27.6 Å². The number of hydrogen-bond donors (Lipinski definition) is 1. The van der Waals surface area contributed by atoms with E-state index < -0.39 is 5.91 Å². The first-order valence-electron chi connectivity index (χ1n) is 9.12. The van der Waals surface area contributed by atoms with Crippen LogP contribution in [-0.4, -0.2) is 30.5 Å². The number of hydrogen-bond acceptors (Lipinski definition) is 5. The number of halogens is 2. The minimum atomic E-state index is -0.437. The summed E-state index contributed by atoms with van der Waals surface area (Å²) >= 11 is 12.2. The fourth-order valence-electron chi connectivity index (χ4n) is 2.98. The highest BCUT2D eigenvalue weighted by Gasteiger charge is 2.16. The Hall–Kier alpha value is -3.10. The SMILES string of the molecule is Cc1nn(Cc2ccc(C(=O)Nc3ncn(Cc4cccc(Cl)c4)n3)o2)c(C)c1Cl. The molecular weight excluding hydrogens is 427 g/mol. The van der Waals surface area contributed by atoms with E-state index in [0.717, 1.165) is 17.0 Å². The number of nitrogens with one attached hydrogen (secondary N) is 1. The molecule has 0 aliphatic heterocycles. The van der Waals surface area contributed by atoms with E-state index in [-0.39, 0.29) is 11.7 Å². The van der Waals surface area contributed by atoms with Crippen LogP contribution in [0.5, 0.6) is 0 Å². The van der Waals surface area contributed by atoms with Crippen LogP contribution in [0.25, 0.3) is 0 Å². The first kappa shape index (κ1) is 20.2. The number of amides is 1. The molecule has 0 atom stereocenters. The molecule has 0 aliphatic rings. The molecule has 0 unspecified atom stereocenters. The van der Waals surface area contributed by atoms with Crippen molar-refractivity contribution in [1.29, 1.82) is 0 Å². The van der Waals surface area contributed by atoms with Crippen LogP contribution in [-0.2, 0) is 13.1 Å². The van der Waals surface area contributed by atoms with Gasteiger partial charge in [-0.3, -0.25) is 14.8 Å². The van der Waals surface area contributed by atoms with Crippen molar-refractivity contribution in [2.24, 2.45) is 0 Å². The standard InChI is InChI=1S/C20H18Cl2N6O2/c1-12-18(22)13(2)28(25-12)10-16-6-7-17(30-16)19(29)24-20-23-11-27(26-20)9-14-4-3-5-15(21)8-14/h3-8,11H,9-10H2,1-2H3,(H,24,26,29). The summed E-state index contributed by atoms with van der Waals surface area (Å²) in [5.41, 5.74) is 2.56. The van der Waals surface area contributed by atoms with Crippen molar-refractivity contribution < 1.29 is 9.21 Å². The molecule has 3 aromatic heterocycles. The third-order valence-electron chi connectivity index (χ3n) is 4.48. The number of nitrogens with zero attached hydrogens (tertiary/aromatic N) is 5. The average molecular weight is 445 g/mol. The van der Waals surface area contributed by atoms with Gasteiger partial charge in [-0.25, -0.2) is 9.67 Å². The molecule has 8 nitrogen and oxygen atoms in total. The number of benzene rings is 1. The van der Waals surface area contributed by atoms with Crippen LogP contribution < -0.4 is 5.32 Å². The van der Waals surface area contributed by atoms with Gasteiger partial charge in [-0.05, 0) is 43.7 Å². The second-order valence-corrected chi connectivity index (χ2v) is 7.57. The van der Waals surface area contributed by atoms with Crippen LogP contribution in [0.15, 0.2) is 47.1 Å². The monoisotopic (exact) mass is 444 g/mol. The van der Waals surface area contributed by atoms with Gasteiger partial charge < -0.3 is 4.42 Å². The molecule has 0 bridgehead atoms. The lowest BCUT2D eigenvalue weighted by Gasteiger charge is -2.02. The number of aromatic nitrogens is 5. The summed E-state index contributed by atoms with van der Waals surface area (Å²) in [6.45, 7) is 4.58. The third-order valence-corrected chi connectivity index (χ3v) is 5.26. The van der Waals surface area contributed by atoms with E-state index in [2.05, 4.69) is 20.5 Å². The lowest BCUT2D eigenvalue weighted by atomic mass is 10.2. The van der Waals surface area contributed by atoms with Crippen LogP contribution in [0.1, 0.15) is 33.3 Å². The third kappa shape index (κ3) is 4.39. The van der Waals surface area contributed by atoms with Gasteiger partial charge in [0.05, 0.1) is 29.5 Å². The highest BCUT2D eigenvalue weighted by atomic mass is 35.5. The van der Waals surface area contributed by atoms with Gasteiger partial charge in [-0.2, -0.15) is 5.10 Å². The first-order chi connectivity index (χ1) is 14.4. The number of aryl methyl sites for hydroxylation is 1. The average Bonchev–Trinajstić information content (AvgIpc) is 3.40. The smallest absolute Gasteiger partial charge is 0.293 e. The van der Waals surface area contributed by atoms with Crippen LogP contribution in [0.3, 0.4) is 0 Å². The normalized spacial score (nSPS) is 11.1. The summed E-state index contributed by atoms with van der Waals surface area (Å²) in [5.74, 6) is 0.490. The summed E-state index contributed by atoms with van der Waals surface area (Å²) < 4.78 is 8.99. The maximum absolute atomic E-state index is 12.5. The van der Waals surface area contributed by atoms with E-state index in [1.54, 1.807) is 27.6 Å². The Kier molecular flexibility index (Phi) is 5.61. The number of anilines is 1. The highest BCUT2D eigenvalue weighted by molar-refractivity contribution is 6.31. The van der Waals surface area contributed by atoms with Crippen LogP contribution in [0.4, 0.5) is 5.95 Å². The number of carbonyl (C=O) groups is 1. The Morgan fingerprint density at radius 2 is 1.97 bits per heavy atom. The molecule has 10 heteroatoms. The quantitative estimate of drug-likeness (QED) is 0.477. The molecule has 3 heterocycles. The first-order valence-corrected chi connectivity index (χ1v) is 9.88. The zero-order valence-electron chi connectivity index (χ0n) is 16.3. The van der Waals surface area contributed by atoms with Gasteiger partial charge in [0, 0.05) is 5.02 Å². The molecule has 1 aromatic carbocycles. The molecule has 1 amide bonds. The van der Waals surface area contributed by atoms with E-state index in [1.807, 2.05) is 32.0 Å². The Labute approximate surface area is 182 Å². The van der Waals surface area contributed by atoms with Crippen molar-refractivity contribution in [3.8, 4) is 0 Å². The maximum atomic E-state index is 12.5. The van der Waals surface area contributed by atoms with Gasteiger partial charge in [0.2, 0.25) is 5.95 Å². The molecular formula is C20H18Cl2N6O2.